The summed E-state index contributed by atoms with van der Waals surface area (Å²) in [5.41, 5.74) is 0. The molecular formula is C14H28N2O2. The normalized spacial score (nSPS) is 31.6. The van der Waals surface area contributed by atoms with Gasteiger partial charge in [0.1, 0.15) is 6.04 Å². The number of likely N-dealkylation sites (tertiary alicyclic amines) is 1. The van der Waals surface area contributed by atoms with Gasteiger partial charge < -0.3 is 10.4 Å². The summed E-state index contributed by atoms with van der Waals surface area (Å²) in [5.74, 6) is 0.550. The van der Waals surface area contributed by atoms with Crippen LogP contribution in [0.3, 0.4) is 0 Å². The summed E-state index contributed by atoms with van der Waals surface area (Å²) in [6, 6.07) is 0.197. The molecule has 4 atom stereocenters. The van der Waals surface area contributed by atoms with Crippen molar-refractivity contribution in [1.29, 1.82) is 0 Å². The molecular weight excluding hydrogens is 228 g/mol. The summed E-state index contributed by atoms with van der Waals surface area (Å²) in [4.78, 5) is 13.6. The second-order valence-electron chi connectivity index (χ2n) is 6.22. The van der Waals surface area contributed by atoms with Gasteiger partial charge in [0, 0.05) is 25.2 Å². The van der Waals surface area contributed by atoms with E-state index >= 15 is 0 Å². The Labute approximate surface area is 111 Å². The van der Waals surface area contributed by atoms with Gasteiger partial charge in [-0.15, -0.1) is 0 Å². The Hall–Kier alpha value is -0.610. The highest BCUT2D eigenvalue weighted by Gasteiger charge is 2.31. The average molecular weight is 256 g/mol. The summed E-state index contributed by atoms with van der Waals surface area (Å²) < 4.78 is 0. The molecule has 18 heavy (non-hydrogen) atoms. The Balaban J connectivity index is 2.64. The van der Waals surface area contributed by atoms with Crippen LogP contribution in [0, 0.1) is 11.8 Å². The van der Waals surface area contributed by atoms with Gasteiger partial charge in [0.2, 0.25) is 0 Å². The molecule has 1 aliphatic rings. The molecule has 4 unspecified atom stereocenters. The molecule has 0 bridgehead atoms. The van der Waals surface area contributed by atoms with Crippen LogP contribution in [-0.2, 0) is 4.79 Å². The highest BCUT2D eigenvalue weighted by molar-refractivity contribution is 5.73. The van der Waals surface area contributed by atoms with Crippen molar-refractivity contribution >= 4 is 5.97 Å². The molecule has 1 saturated heterocycles. The molecule has 0 amide bonds. The predicted molar refractivity (Wildman–Crippen MR) is 73.7 cm³/mol. The summed E-state index contributed by atoms with van der Waals surface area (Å²) >= 11 is 0. The number of rotatable bonds is 5. The fourth-order valence-corrected chi connectivity index (χ4v) is 2.91. The van der Waals surface area contributed by atoms with Crippen molar-refractivity contribution in [2.24, 2.45) is 11.8 Å². The number of piperidine rings is 1. The Morgan fingerprint density at radius 3 is 2.50 bits per heavy atom. The molecule has 0 saturated carbocycles. The van der Waals surface area contributed by atoms with E-state index in [9.17, 15) is 9.90 Å². The summed E-state index contributed by atoms with van der Waals surface area (Å²) in [5, 5.41) is 12.4. The second-order valence-corrected chi connectivity index (χ2v) is 6.22. The van der Waals surface area contributed by atoms with Gasteiger partial charge in [0.05, 0.1) is 0 Å². The third-order valence-electron chi connectivity index (χ3n) is 3.97. The SMILES string of the molecule is CC1CC(C)C(C)N(CC(NC(C)C)C(=O)O)C1. The highest BCUT2D eigenvalue weighted by Crippen LogP contribution is 2.26. The van der Waals surface area contributed by atoms with E-state index in [1.807, 2.05) is 13.8 Å². The first kappa shape index (κ1) is 15.4. The molecule has 0 aromatic carbocycles. The van der Waals surface area contributed by atoms with Gasteiger partial charge in [-0.2, -0.15) is 0 Å². The minimum Gasteiger partial charge on any atom is -0.480 e. The number of aliphatic carboxylic acids is 1. The maximum absolute atomic E-state index is 11.3. The van der Waals surface area contributed by atoms with Gasteiger partial charge in [-0.25, -0.2) is 0 Å². The first-order valence-electron chi connectivity index (χ1n) is 7.04. The maximum Gasteiger partial charge on any atom is 0.322 e. The average Bonchev–Trinajstić information content (AvgIpc) is 2.23. The zero-order chi connectivity index (χ0) is 13.9. The van der Waals surface area contributed by atoms with Crippen molar-refractivity contribution in [2.45, 2.75) is 59.2 Å². The quantitative estimate of drug-likeness (QED) is 0.787. The van der Waals surface area contributed by atoms with Crippen LogP contribution in [0.2, 0.25) is 0 Å². The molecule has 1 aliphatic heterocycles. The lowest BCUT2D eigenvalue weighted by molar-refractivity contribution is -0.140. The van der Waals surface area contributed by atoms with Crippen LogP contribution in [0.25, 0.3) is 0 Å². The van der Waals surface area contributed by atoms with Crippen molar-refractivity contribution in [2.75, 3.05) is 13.1 Å². The minimum absolute atomic E-state index is 0.195. The first-order valence-corrected chi connectivity index (χ1v) is 7.04. The second kappa shape index (κ2) is 6.53. The third kappa shape index (κ3) is 4.25. The minimum atomic E-state index is -0.748. The van der Waals surface area contributed by atoms with E-state index in [1.165, 1.54) is 6.42 Å². The molecule has 2 N–H and O–H groups in total. The van der Waals surface area contributed by atoms with Crippen LogP contribution < -0.4 is 5.32 Å². The molecule has 0 aliphatic carbocycles. The van der Waals surface area contributed by atoms with Gasteiger partial charge in [-0.05, 0) is 25.2 Å². The standard InChI is InChI=1S/C14H28N2O2/c1-9(2)15-13(14(17)18)8-16-7-10(3)6-11(4)12(16)5/h9-13,15H,6-8H2,1-5H3,(H,17,18). The molecule has 4 heteroatoms. The van der Waals surface area contributed by atoms with Crippen LogP contribution >= 0.6 is 0 Å². The number of hydrogen-bond acceptors (Lipinski definition) is 3. The van der Waals surface area contributed by atoms with Gasteiger partial charge in [0.15, 0.2) is 0 Å². The topological polar surface area (TPSA) is 52.6 Å². The number of carboxylic acids is 1. The van der Waals surface area contributed by atoms with Gasteiger partial charge in [-0.3, -0.25) is 9.69 Å². The molecule has 0 radical (unpaired) electrons. The van der Waals surface area contributed by atoms with Crippen molar-refractivity contribution in [1.82, 2.24) is 10.2 Å². The smallest absolute Gasteiger partial charge is 0.322 e. The lowest BCUT2D eigenvalue weighted by Crippen LogP contribution is -2.54. The van der Waals surface area contributed by atoms with E-state index in [1.54, 1.807) is 0 Å². The van der Waals surface area contributed by atoms with Crippen molar-refractivity contribution in [3.8, 4) is 0 Å². The fourth-order valence-electron chi connectivity index (χ4n) is 2.91. The highest BCUT2D eigenvalue weighted by atomic mass is 16.4. The van der Waals surface area contributed by atoms with E-state index in [-0.39, 0.29) is 6.04 Å². The van der Waals surface area contributed by atoms with Crippen molar-refractivity contribution < 1.29 is 9.90 Å². The maximum atomic E-state index is 11.3. The first-order chi connectivity index (χ1) is 8.31. The van der Waals surface area contributed by atoms with E-state index in [2.05, 4.69) is 31.0 Å². The van der Waals surface area contributed by atoms with Crippen LogP contribution in [-0.4, -0.2) is 47.2 Å². The van der Waals surface area contributed by atoms with Crippen molar-refractivity contribution in [3.05, 3.63) is 0 Å². The number of nitrogens with zero attached hydrogens (tertiary/aromatic N) is 1. The monoisotopic (exact) mass is 256 g/mol. The van der Waals surface area contributed by atoms with Gasteiger partial charge in [0.25, 0.3) is 0 Å². The van der Waals surface area contributed by atoms with E-state index < -0.39 is 12.0 Å². The molecule has 0 aromatic heterocycles. The molecule has 1 heterocycles. The molecule has 4 nitrogen and oxygen atoms in total. The number of hydrogen-bond donors (Lipinski definition) is 2. The summed E-state index contributed by atoms with van der Waals surface area (Å²) in [6.07, 6.45) is 1.24. The molecule has 0 spiro atoms. The third-order valence-corrected chi connectivity index (χ3v) is 3.97. The van der Waals surface area contributed by atoms with Gasteiger partial charge >= 0.3 is 5.97 Å². The Kier molecular flexibility index (Phi) is 5.60. The lowest BCUT2D eigenvalue weighted by atomic mass is 9.86. The Morgan fingerprint density at radius 2 is 2.00 bits per heavy atom. The molecule has 106 valence electrons. The van der Waals surface area contributed by atoms with Crippen LogP contribution in [0.5, 0.6) is 0 Å². The van der Waals surface area contributed by atoms with E-state index in [0.29, 0.717) is 24.4 Å². The van der Waals surface area contributed by atoms with Crippen molar-refractivity contribution in [3.63, 3.8) is 0 Å². The summed E-state index contributed by atoms with van der Waals surface area (Å²) in [6.45, 7) is 12.3. The molecule has 1 fully saturated rings. The van der Waals surface area contributed by atoms with Gasteiger partial charge in [-0.1, -0.05) is 27.7 Å². The van der Waals surface area contributed by atoms with Crippen LogP contribution in [0.15, 0.2) is 0 Å². The van der Waals surface area contributed by atoms with Crippen LogP contribution in [0.1, 0.15) is 41.0 Å². The Bertz CT molecular complexity index is 281. The lowest BCUT2D eigenvalue weighted by Gasteiger charge is -2.42. The molecule has 1 rings (SSSR count). The molecule has 0 aromatic rings. The Morgan fingerprint density at radius 1 is 1.39 bits per heavy atom. The van der Waals surface area contributed by atoms with E-state index in [4.69, 9.17) is 0 Å². The number of carbonyl (C=O) groups is 1. The fraction of sp³-hybridized carbons (Fsp3) is 0.929. The zero-order valence-corrected chi connectivity index (χ0v) is 12.3. The van der Waals surface area contributed by atoms with E-state index in [0.717, 1.165) is 6.54 Å². The predicted octanol–water partition coefficient (Wildman–Crippen LogP) is 1.80. The summed E-state index contributed by atoms with van der Waals surface area (Å²) in [7, 11) is 0. The van der Waals surface area contributed by atoms with Crippen LogP contribution in [0.4, 0.5) is 0 Å². The zero-order valence-electron chi connectivity index (χ0n) is 12.3. The number of nitrogens with one attached hydrogen (secondary N) is 1. The number of carboxylic acid groups (broad SMARTS) is 1. The largest absolute Gasteiger partial charge is 0.480 e.